The molecule has 0 spiro atoms. The Kier molecular flexibility index (Phi) is 7.38. The fraction of sp³-hybridized carbons (Fsp3) is 0.407. The van der Waals surface area contributed by atoms with E-state index in [1.807, 2.05) is 18.2 Å². The van der Waals surface area contributed by atoms with Gasteiger partial charge in [-0.15, -0.1) is 0 Å². The molecular weight excluding hydrogens is 398 g/mol. The smallest absolute Gasteiger partial charge is 0.220 e. The zero-order valence-electron chi connectivity index (χ0n) is 19.1. The third-order valence-corrected chi connectivity index (χ3v) is 6.39. The van der Waals surface area contributed by atoms with E-state index >= 15 is 0 Å². The Morgan fingerprint density at radius 3 is 2.56 bits per heavy atom. The normalized spacial score (nSPS) is 16.1. The van der Waals surface area contributed by atoms with Crippen molar-refractivity contribution in [3.8, 4) is 11.3 Å². The number of piperidine rings is 1. The summed E-state index contributed by atoms with van der Waals surface area (Å²) in [5.74, 6) is 2.15. The number of aryl methyl sites for hydroxylation is 2. The monoisotopic (exact) mass is 431 g/mol. The van der Waals surface area contributed by atoms with Crippen LogP contribution in [0.3, 0.4) is 0 Å². The molecule has 1 fully saturated rings. The van der Waals surface area contributed by atoms with Crippen LogP contribution in [0.5, 0.6) is 0 Å². The van der Waals surface area contributed by atoms with Crippen LogP contribution in [0.4, 0.5) is 0 Å². The van der Waals surface area contributed by atoms with Crippen molar-refractivity contribution in [2.45, 2.75) is 45.6 Å². The van der Waals surface area contributed by atoms with E-state index < -0.39 is 0 Å². The number of hydrogen-bond acceptors (Lipinski definition) is 4. The van der Waals surface area contributed by atoms with Gasteiger partial charge in [0.05, 0.1) is 12.2 Å². The average molecular weight is 432 g/mol. The van der Waals surface area contributed by atoms with Crippen molar-refractivity contribution >= 4 is 5.91 Å². The molecule has 4 rings (SSSR count). The number of aromatic nitrogens is 1. The Hall–Kier alpha value is -2.92. The third-order valence-electron chi connectivity index (χ3n) is 6.39. The summed E-state index contributed by atoms with van der Waals surface area (Å²) in [5, 5.41) is 3.15. The molecule has 3 aromatic rings. The van der Waals surface area contributed by atoms with Crippen molar-refractivity contribution < 1.29 is 9.21 Å². The standard InChI is InChI=1S/C27H33N3O2/c1-20-8-10-23(11-9-20)25-19-29-27(32-25)13-12-26(31)28-18-24(22-6-4-3-5-7-22)30-16-14-21(2)15-17-30/h3-11,19,21,24H,12-18H2,1-2H3,(H,28,31). The van der Waals surface area contributed by atoms with Gasteiger partial charge in [0.2, 0.25) is 5.91 Å². The molecule has 32 heavy (non-hydrogen) atoms. The van der Waals surface area contributed by atoms with Gasteiger partial charge in [0.25, 0.3) is 0 Å². The molecular formula is C27H33N3O2. The van der Waals surface area contributed by atoms with E-state index in [2.05, 4.69) is 65.4 Å². The molecule has 2 heterocycles. The molecule has 1 saturated heterocycles. The first-order valence-electron chi connectivity index (χ1n) is 11.7. The number of nitrogens with zero attached hydrogens (tertiary/aromatic N) is 2. The van der Waals surface area contributed by atoms with Crippen LogP contribution in [-0.4, -0.2) is 35.4 Å². The molecule has 5 nitrogen and oxygen atoms in total. The minimum atomic E-state index is 0.0337. The number of carbonyl (C=O) groups excluding carboxylic acids is 1. The van der Waals surface area contributed by atoms with Gasteiger partial charge in [0.1, 0.15) is 0 Å². The SMILES string of the molecule is Cc1ccc(-c2cnc(CCC(=O)NCC(c3ccccc3)N3CCC(C)CC3)o2)cc1. The highest BCUT2D eigenvalue weighted by Gasteiger charge is 2.25. The average Bonchev–Trinajstić information content (AvgIpc) is 3.29. The molecule has 168 valence electrons. The Labute approximate surface area is 190 Å². The Morgan fingerprint density at radius 1 is 1.12 bits per heavy atom. The highest BCUT2D eigenvalue weighted by atomic mass is 16.4. The lowest BCUT2D eigenvalue weighted by Gasteiger charge is -2.37. The van der Waals surface area contributed by atoms with Gasteiger partial charge >= 0.3 is 0 Å². The molecule has 1 aliphatic heterocycles. The first kappa shape index (κ1) is 22.3. The Bertz CT molecular complexity index is 989. The van der Waals surface area contributed by atoms with Crippen molar-refractivity contribution in [3.05, 3.63) is 77.8 Å². The second-order valence-electron chi connectivity index (χ2n) is 8.93. The fourth-order valence-corrected chi connectivity index (χ4v) is 4.27. The summed E-state index contributed by atoms with van der Waals surface area (Å²) < 4.78 is 5.86. The van der Waals surface area contributed by atoms with Crippen molar-refractivity contribution in [3.63, 3.8) is 0 Å². The second kappa shape index (κ2) is 10.6. The number of carbonyl (C=O) groups is 1. The van der Waals surface area contributed by atoms with Gasteiger partial charge < -0.3 is 9.73 Å². The van der Waals surface area contributed by atoms with E-state index in [1.165, 1.54) is 24.0 Å². The zero-order chi connectivity index (χ0) is 22.3. The van der Waals surface area contributed by atoms with E-state index in [0.29, 0.717) is 25.3 Å². The molecule has 1 N–H and O–H groups in total. The summed E-state index contributed by atoms with van der Waals surface area (Å²) >= 11 is 0. The molecule has 1 unspecified atom stereocenters. The third kappa shape index (κ3) is 5.86. The summed E-state index contributed by atoms with van der Waals surface area (Å²) in [6, 6.07) is 18.9. The number of rotatable bonds is 8. The number of hydrogen-bond donors (Lipinski definition) is 1. The zero-order valence-corrected chi connectivity index (χ0v) is 19.1. The molecule has 1 aliphatic rings. The van der Waals surface area contributed by atoms with Gasteiger partial charge in [-0.3, -0.25) is 9.69 Å². The van der Waals surface area contributed by atoms with Crippen molar-refractivity contribution in [2.75, 3.05) is 19.6 Å². The van der Waals surface area contributed by atoms with Gasteiger partial charge in [-0.05, 0) is 44.3 Å². The van der Waals surface area contributed by atoms with Crippen molar-refractivity contribution in [2.24, 2.45) is 5.92 Å². The molecule has 2 aromatic carbocycles. The van der Waals surface area contributed by atoms with Crippen LogP contribution < -0.4 is 5.32 Å². The van der Waals surface area contributed by atoms with Gasteiger partial charge in [-0.25, -0.2) is 4.98 Å². The van der Waals surface area contributed by atoms with Gasteiger partial charge in [0.15, 0.2) is 11.7 Å². The fourth-order valence-electron chi connectivity index (χ4n) is 4.27. The van der Waals surface area contributed by atoms with Gasteiger partial charge in [0, 0.05) is 24.9 Å². The summed E-state index contributed by atoms with van der Waals surface area (Å²) in [6.07, 6.45) is 5.03. The molecule has 1 atom stereocenters. The molecule has 0 saturated carbocycles. The maximum absolute atomic E-state index is 12.6. The van der Waals surface area contributed by atoms with E-state index in [-0.39, 0.29) is 11.9 Å². The first-order valence-corrected chi connectivity index (χ1v) is 11.7. The van der Waals surface area contributed by atoms with Crippen LogP contribution in [0.25, 0.3) is 11.3 Å². The second-order valence-corrected chi connectivity index (χ2v) is 8.93. The predicted molar refractivity (Wildman–Crippen MR) is 127 cm³/mol. The highest BCUT2D eigenvalue weighted by Crippen LogP contribution is 2.26. The minimum absolute atomic E-state index is 0.0337. The van der Waals surface area contributed by atoms with E-state index in [0.717, 1.165) is 30.3 Å². The van der Waals surface area contributed by atoms with Crippen LogP contribution in [0.15, 0.2) is 65.2 Å². The maximum atomic E-state index is 12.6. The molecule has 1 aromatic heterocycles. The summed E-state index contributed by atoms with van der Waals surface area (Å²) in [6.45, 7) is 7.16. The molecule has 1 amide bonds. The molecule has 0 aliphatic carbocycles. The summed E-state index contributed by atoms with van der Waals surface area (Å²) in [5.41, 5.74) is 3.47. The largest absolute Gasteiger partial charge is 0.441 e. The van der Waals surface area contributed by atoms with E-state index in [9.17, 15) is 4.79 Å². The number of oxazole rings is 1. The highest BCUT2D eigenvalue weighted by molar-refractivity contribution is 5.76. The quantitative estimate of drug-likeness (QED) is 0.534. The number of amides is 1. The van der Waals surface area contributed by atoms with Gasteiger partial charge in [-0.2, -0.15) is 0 Å². The molecule has 5 heteroatoms. The maximum Gasteiger partial charge on any atom is 0.220 e. The van der Waals surface area contributed by atoms with Crippen LogP contribution in [0.2, 0.25) is 0 Å². The van der Waals surface area contributed by atoms with Crippen molar-refractivity contribution in [1.82, 2.24) is 15.2 Å². The lowest BCUT2D eigenvalue weighted by molar-refractivity contribution is -0.121. The first-order chi connectivity index (χ1) is 15.6. The van der Waals surface area contributed by atoms with Crippen LogP contribution >= 0.6 is 0 Å². The number of nitrogens with one attached hydrogen (secondary N) is 1. The number of benzene rings is 2. The van der Waals surface area contributed by atoms with Crippen LogP contribution in [0.1, 0.15) is 49.2 Å². The summed E-state index contributed by atoms with van der Waals surface area (Å²) in [4.78, 5) is 19.5. The Balaban J connectivity index is 1.31. The summed E-state index contributed by atoms with van der Waals surface area (Å²) in [7, 11) is 0. The lowest BCUT2D eigenvalue weighted by Crippen LogP contribution is -2.42. The molecule has 0 bridgehead atoms. The van der Waals surface area contributed by atoms with Crippen LogP contribution in [-0.2, 0) is 11.2 Å². The van der Waals surface area contributed by atoms with Crippen molar-refractivity contribution in [1.29, 1.82) is 0 Å². The predicted octanol–water partition coefficient (Wildman–Crippen LogP) is 5.17. The lowest BCUT2D eigenvalue weighted by atomic mass is 9.95. The van der Waals surface area contributed by atoms with E-state index in [4.69, 9.17) is 4.42 Å². The molecule has 0 radical (unpaired) electrons. The Morgan fingerprint density at radius 2 is 1.84 bits per heavy atom. The van der Waals surface area contributed by atoms with E-state index in [1.54, 1.807) is 6.20 Å². The minimum Gasteiger partial charge on any atom is -0.441 e. The number of likely N-dealkylation sites (tertiary alicyclic amines) is 1. The van der Waals surface area contributed by atoms with Crippen LogP contribution in [0, 0.1) is 12.8 Å². The van der Waals surface area contributed by atoms with Gasteiger partial charge in [-0.1, -0.05) is 67.1 Å². The topological polar surface area (TPSA) is 58.4 Å².